The Kier molecular flexibility index (Phi) is 3.25. The van der Waals surface area contributed by atoms with Gasteiger partial charge in [0.15, 0.2) is 0 Å². The van der Waals surface area contributed by atoms with E-state index in [2.05, 4.69) is 0 Å². The van der Waals surface area contributed by atoms with E-state index in [4.69, 9.17) is 10.2 Å². The maximum absolute atomic E-state index is 12.6. The number of alkyl halides is 3. The Morgan fingerprint density at radius 3 is 2.40 bits per heavy atom. The topological polar surface area (TPSA) is 60.8 Å². The molecule has 1 unspecified atom stereocenters. The molecule has 1 atom stereocenters. The minimum absolute atomic E-state index is 0.0480. The van der Waals surface area contributed by atoms with Gasteiger partial charge < -0.3 is 10.2 Å². The first-order valence-electron chi connectivity index (χ1n) is 4.42. The van der Waals surface area contributed by atoms with Crippen LogP contribution >= 0.6 is 0 Å². The summed E-state index contributed by atoms with van der Waals surface area (Å²) in [5.41, 5.74) is -2.15. The fraction of sp³-hybridized carbons (Fsp3) is 0.875. The maximum atomic E-state index is 12.6. The summed E-state index contributed by atoms with van der Waals surface area (Å²) in [6.45, 7) is -1.81. The Bertz CT molecular complexity index is 256. The number of carboxylic acids is 1. The van der Waals surface area contributed by atoms with Crippen LogP contribution in [0.1, 0.15) is 6.42 Å². The van der Waals surface area contributed by atoms with E-state index >= 15 is 0 Å². The first-order valence-corrected chi connectivity index (χ1v) is 4.42. The number of nitrogens with zero attached hydrogens (tertiary/aromatic N) is 1. The van der Waals surface area contributed by atoms with Crippen LogP contribution in [0.5, 0.6) is 0 Å². The largest absolute Gasteiger partial charge is 0.480 e. The molecule has 0 spiro atoms. The van der Waals surface area contributed by atoms with Crippen LogP contribution in [-0.2, 0) is 4.79 Å². The van der Waals surface area contributed by atoms with Crippen LogP contribution in [0, 0.1) is 5.41 Å². The summed E-state index contributed by atoms with van der Waals surface area (Å²) in [7, 11) is 0. The van der Waals surface area contributed by atoms with Gasteiger partial charge in [-0.1, -0.05) is 0 Å². The molecule has 0 saturated carbocycles. The maximum Gasteiger partial charge on any atom is 0.397 e. The molecule has 0 aliphatic carbocycles. The molecular formula is C8H12F3NO3. The molecule has 1 saturated heterocycles. The molecule has 1 aliphatic rings. The average Bonchev–Trinajstić information content (AvgIpc) is 2.47. The summed E-state index contributed by atoms with van der Waals surface area (Å²) in [4.78, 5) is 11.5. The third-order valence-electron chi connectivity index (χ3n) is 2.70. The Hall–Kier alpha value is -0.820. The predicted molar refractivity (Wildman–Crippen MR) is 44.3 cm³/mol. The van der Waals surface area contributed by atoms with Crippen molar-refractivity contribution in [2.45, 2.75) is 12.6 Å². The van der Waals surface area contributed by atoms with Gasteiger partial charge in [0.05, 0.1) is 13.2 Å². The van der Waals surface area contributed by atoms with Gasteiger partial charge in [-0.2, -0.15) is 13.2 Å². The number of likely N-dealkylation sites (tertiary alicyclic amines) is 1. The Morgan fingerprint density at radius 1 is 1.47 bits per heavy atom. The zero-order chi connectivity index (χ0) is 11.7. The summed E-state index contributed by atoms with van der Waals surface area (Å²) >= 11 is 0. The SMILES string of the molecule is O=C(O)CN1CCC(CO)(C(F)(F)F)C1. The zero-order valence-corrected chi connectivity index (χ0v) is 7.92. The Morgan fingerprint density at radius 2 is 2.07 bits per heavy atom. The third-order valence-corrected chi connectivity index (χ3v) is 2.70. The van der Waals surface area contributed by atoms with Crippen molar-refractivity contribution >= 4 is 5.97 Å². The zero-order valence-electron chi connectivity index (χ0n) is 7.92. The molecule has 7 heteroatoms. The van der Waals surface area contributed by atoms with E-state index in [1.165, 1.54) is 4.90 Å². The van der Waals surface area contributed by atoms with Crippen molar-refractivity contribution in [3.8, 4) is 0 Å². The molecule has 0 aromatic rings. The lowest BCUT2D eigenvalue weighted by molar-refractivity contribution is -0.230. The van der Waals surface area contributed by atoms with E-state index in [1.807, 2.05) is 0 Å². The van der Waals surface area contributed by atoms with Crippen molar-refractivity contribution in [2.75, 3.05) is 26.2 Å². The first-order chi connectivity index (χ1) is 6.81. The summed E-state index contributed by atoms with van der Waals surface area (Å²) in [6.07, 6.45) is -4.74. The van der Waals surface area contributed by atoms with E-state index in [1.54, 1.807) is 0 Å². The van der Waals surface area contributed by atoms with Crippen molar-refractivity contribution in [2.24, 2.45) is 5.41 Å². The molecule has 15 heavy (non-hydrogen) atoms. The van der Waals surface area contributed by atoms with Crippen molar-refractivity contribution in [1.29, 1.82) is 0 Å². The number of halogens is 3. The van der Waals surface area contributed by atoms with Crippen molar-refractivity contribution < 1.29 is 28.2 Å². The number of hydrogen-bond acceptors (Lipinski definition) is 3. The monoisotopic (exact) mass is 227 g/mol. The van der Waals surface area contributed by atoms with Gasteiger partial charge in [-0.05, 0) is 13.0 Å². The van der Waals surface area contributed by atoms with Gasteiger partial charge in [-0.3, -0.25) is 9.69 Å². The molecule has 88 valence electrons. The van der Waals surface area contributed by atoms with Gasteiger partial charge in [-0.25, -0.2) is 0 Å². The van der Waals surface area contributed by atoms with Crippen LogP contribution in [0.3, 0.4) is 0 Å². The lowest BCUT2D eigenvalue weighted by atomic mass is 9.87. The molecule has 4 nitrogen and oxygen atoms in total. The molecule has 0 aromatic heterocycles. The second-order valence-electron chi connectivity index (χ2n) is 3.79. The second-order valence-corrected chi connectivity index (χ2v) is 3.79. The standard InChI is InChI=1S/C8H12F3NO3/c9-8(10,11)7(5-13)1-2-12(4-7)3-6(14)15/h13H,1-5H2,(H,14,15). The Balaban J connectivity index is 2.69. The predicted octanol–water partition coefficient (Wildman–Crippen LogP) is 0.318. The lowest BCUT2D eigenvalue weighted by Gasteiger charge is -2.29. The van der Waals surface area contributed by atoms with Gasteiger partial charge in [0, 0.05) is 6.54 Å². The molecule has 0 bridgehead atoms. The van der Waals surface area contributed by atoms with E-state index in [0.717, 1.165) is 0 Å². The highest BCUT2D eigenvalue weighted by atomic mass is 19.4. The van der Waals surface area contributed by atoms with Crippen LogP contribution in [0.15, 0.2) is 0 Å². The molecule has 2 N–H and O–H groups in total. The molecule has 0 radical (unpaired) electrons. The van der Waals surface area contributed by atoms with Crippen LogP contribution in [0.25, 0.3) is 0 Å². The average molecular weight is 227 g/mol. The van der Waals surface area contributed by atoms with E-state index in [0.29, 0.717) is 0 Å². The lowest BCUT2D eigenvalue weighted by Crippen LogP contribution is -2.44. The third kappa shape index (κ3) is 2.40. The smallest absolute Gasteiger partial charge is 0.397 e. The summed E-state index contributed by atoms with van der Waals surface area (Å²) < 4.78 is 37.8. The van der Waals surface area contributed by atoms with E-state index < -0.39 is 37.3 Å². The molecule has 1 rings (SSSR count). The van der Waals surface area contributed by atoms with Gasteiger partial charge >= 0.3 is 12.1 Å². The number of carboxylic acid groups (broad SMARTS) is 1. The number of hydrogen-bond donors (Lipinski definition) is 2. The minimum Gasteiger partial charge on any atom is -0.480 e. The normalized spacial score (nSPS) is 28.3. The van der Waals surface area contributed by atoms with Gasteiger partial charge in [0.25, 0.3) is 0 Å². The van der Waals surface area contributed by atoms with Crippen LogP contribution in [0.4, 0.5) is 13.2 Å². The van der Waals surface area contributed by atoms with E-state index in [9.17, 15) is 18.0 Å². The number of aliphatic hydroxyl groups excluding tert-OH is 1. The van der Waals surface area contributed by atoms with Crippen molar-refractivity contribution in [1.82, 2.24) is 4.90 Å². The molecule has 0 amide bonds. The first kappa shape index (κ1) is 12.3. The quantitative estimate of drug-likeness (QED) is 0.728. The highest BCUT2D eigenvalue weighted by molar-refractivity contribution is 5.69. The molecule has 1 aliphatic heterocycles. The van der Waals surface area contributed by atoms with Crippen LogP contribution < -0.4 is 0 Å². The molecule has 0 aromatic carbocycles. The van der Waals surface area contributed by atoms with Gasteiger partial charge in [-0.15, -0.1) is 0 Å². The van der Waals surface area contributed by atoms with Gasteiger partial charge in [0.1, 0.15) is 5.41 Å². The van der Waals surface area contributed by atoms with Crippen molar-refractivity contribution in [3.05, 3.63) is 0 Å². The Labute approximate surface area is 84.3 Å². The number of aliphatic carboxylic acids is 1. The van der Waals surface area contributed by atoms with Crippen molar-refractivity contribution in [3.63, 3.8) is 0 Å². The highest BCUT2D eigenvalue weighted by Crippen LogP contribution is 2.44. The number of carbonyl (C=O) groups is 1. The molecule has 1 heterocycles. The summed E-state index contributed by atoms with van der Waals surface area (Å²) in [6, 6.07) is 0. The number of aliphatic hydroxyl groups is 1. The number of rotatable bonds is 3. The fourth-order valence-corrected chi connectivity index (χ4v) is 1.73. The van der Waals surface area contributed by atoms with Crippen LogP contribution in [-0.4, -0.2) is 53.5 Å². The summed E-state index contributed by atoms with van der Waals surface area (Å²) in [5.74, 6) is -1.16. The van der Waals surface area contributed by atoms with Crippen LogP contribution in [0.2, 0.25) is 0 Å². The second kappa shape index (κ2) is 3.97. The summed E-state index contributed by atoms with van der Waals surface area (Å²) in [5, 5.41) is 17.2. The molecular weight excluding hydrogens is 215 g/mol. The fourth-order valence-electron chi connectivity index (χ4n) is 1.73. The van der Waals surface area contributed by atoms with E-state index in [-0.39, 0.29) is 13.0 Å². The highest BCUT2D eigenvalue weighted by Gasteiger charge is 2.57. The molecule has 1 fully saturated rings. The van der Waals surface area contributed by atoms with Gasteiger partial charge in [0.2, 0.25) is 0 Å². The minimum atomic E-state index is -4.49.